The summed E-state index contributed by atoms with van der Waals surface area (Å²) in [5.41, 5.74) is 2.16. The smallest absolute Gasteiger partial charge is 0.475 e. The van der Waals surface area contributed by atoms with Gasteiger partial charge in [-0.1, -0.05) is 35.3 Å². The van der Waals surface area contributed by atoms with E-state index in [1.165, 1.54) is 12.3 Å². The topological polar surface area (TPSA) is 157 Å². The summed E-state index contributed by atoms with van der Waals surface area (Å²) in [5.74, 6) is -3.87. The Hall–Kier alpha value is -4.56. The van der Waals surface area contributed by atoms with E-state index in [0.717, 1.165) is 18.7 Å². The van der Waals surface area contributed by atoms with E-state index in [1.54, 1.807) is 31.2 Å². The number of alkyl halides is 3. The maximum absolute atomic E-state index is 12.9. The number of hydrogen-bond acceptors (Lipinski definition) is 6. The molecule has 0 unspecified atom stereocenters. The number of allylic oxidation sites excluding steroid dienone is 1. The van der Waals surface area contributed by atoms with Crippen molar-refractivity contribution >= 4 is 64.0 Å². The highest BCUT2D eigenvalue weighted by Gasteiger charge is 2.38. The molecule has 1 aliphatic rings. The number of aromatic nitrogens is 2. The van der Waals surface area contributed by atoms with Gasteiger partial charge in [0, 0.05) is 30.5 Å². The molecule has 228 valence electrons. The Morgan fingerprint density at radius 2 is 1.67 bits per heavy atom. The van der Waals surface area contributed by atoms with Gasteiger partial charge in [0.05, 0.1) is 27.5 Å². The lowest BCUT2D eigenvalue weighted by molar-refractivity contribution is -0.192. The molecule has 4 rings (SSSR count). The number of amides is 3. The van der Waals surface area contributed by atoms with Gasteiger partial charge in [-0.3, -0.25) is 19.5 Å². The van der Waals surface area contributed by atoms with Crippen LogP contribution in [0.2, 0.25) is 10.0 Å². The van der Waals surface area contributed by atoms with Crippen molar-refractivity contribution in [1.29, 1.82) is 0 Å². The summed E-state index contributed by atoms with van der Waals surface area (Å²) in [6.07, 6.45) is 0.160. The van der Waals surface area contributed by atoms with Gasteiger partial charge in [0.1, 0.15) is 5.69 Å². The van der Waals surface area contributed by atoms with E-state index in [-0.39, 0.29) is 44.8 Å². The second-order valence-corrected chi connectivity index (χ2v) is 9.77. The summed E-state index contributed by atoms with van der Waals surface area (Å²) in [4.78, 5) is 48.4. The predicted octanol–water partition coefficient (Wildman–Crippen LogP) is 5.13. The first-order valence-corrected chi connectivity index (χ1v) is 13.2. The molecular weight excluding hydrogens is 616 g/mol. The van der Waals surface area contributed by atoms with Crippen LogP contribution in [0.3, 0.4) is 0 Å². The van der Waals surface area contributed by atoms with Crippen LogP contribution in [0.15, 0.2) is 60.8 Å². The molecule has 3 amide bonds. The van der Waals surface area contributed by atoms with E-state index in [1.807, 2.05) is 24.3 Å². The Bertz CT molecular complexity index is 1490. The van der Waals surface area contributed by atoms with Gasteiger partial charge < -0.3 is 26.0 Å². The molecule has 43 heavy (non-hydrogen) atoms. The summed E-state index contributed by atoms with van der Waals surface area (Å²) in [7, 11) is 0. The van der Waals surface area contributed by atoms with Crippen LogP contribution in [0.25, 0.3) is 0 Å². The molecule has 1 saturated heterocycles. The van der Waals surface area contributed by atoms with Crippen LogP contribution >= 0.6 is 23.2 Å². The zero-order valence-electron chi connectivity index (χ0n) is 22.3. The second-order valence-electron chi connectivity index (χ2n) is 8.95. The third-order valence-electron chi connectivity index (χ3n) is 5.89. The van der Waals surface area contributed by atoms with Crippen LogP contribution < -0.4 is 20.9 Å². The zero-order chi connectivity index (χ0) is 31.7. The summed E-state index contributed by atoms with van der Waals surface area (Å²) >= 11 is 12.2. The first-order chi connectivity index (χ1) is 20.3. The number of carboxylic acids is 1. The van der Waals surface area contributed by atoms with Crippen molar-refractivity contribution in [2.75, 3.05) is 28.6 Å². The van der Waals surface area contributed by atoms with Crippen molar-refractivity contribution in [1.82, 2.24) is 15.5 Å². The van der Waals surface area contributed by atoms with Crippen molar-refractivity contribution < 1.29 is 37.5 Å². The van der Waals surface area contributed by atoms with Crippen LogP contribution in [-0.4, -0.2) is 64.3 Å². The number of nitrogens with one attached hydrogen (secondary N) is 4. The van der Waals surface area contributed by atoms with E-state index < -0.39 is 18.1 Å². The van der Waals surface area contributed by atoms with Crippen LogP contribution in [0, 0.1) is 0 Å². The van der Waals surface area contributed by atoms with Crippen molar-refractivity contribution in [2.45, 2.75) is 25.6 Å². The third kappa shape index (κ3) is 9.21. The lowest BCUT2D eigenvalue weighted by atomic mass is 10.2. The zero-order valence-corrected chi connectivity index (χ0v) is 23.8. The molecule has 1 aliphatic heterocycles. The van der Waals surface area contributed by atoms with Crippen molar-refractivity contribution in [2.24, 2.45) is 0 Å². The van der Waals surface area contributed by atoms with Crippen LogP contribution in [-0.2, 0) is 9.59 Å². The number of nitrogens with zero attached hydrogens (tertiary/aromatic N) is 2. The SMILES string of the molecule is C/C=C/C(=O)Nc1ccc(N2CC[C@H](NC(=O)c3[nH]ncc3NC(=O)c3c(Cl)cccc3Cl)C2)cc1.O=C(O)C(F)(F)F. The van der Waals surface area contributed by atoms with E-state index in [4.69, 9.17) is 33.1 Å². The number of carbonyl (C=O) groups excluding carboxylic acids is 3. The average Bonchev–Trinajstić information content (AvgIpc) is 3.59. The number of carboxylic acid groups (broad SMARTS) is 1. The number of anilines is 3. The van der Waals surface area contributed by atoms with Gasteiger partial charge in [-0.2, -0.15) is 18.3 Å². The largest absolute Gasteiger partial charge is 0.490 e. The van der Waals surface area contributed by atoms with Crippen molar-refractivity contribution in [3.63, 3.8) is 0 Å². The Morgan fingerprint density at radius 1 is 1.05 bits per heavy atom. The quantitative estimate of drug-likeness (QED) is 0.224. The predicted molar refractivity (Wildman–Crippen MR) is 155 cm³/mol. The first-order valence-electron chi connectivity index (χ1n) is 12.5. The molecule has 0 radical (unpaired) electrons. The maximum Gasteiger partial charge on any atom is 0.490 e. The molecular formula is C27H25Cl2F3N6O5. The maximum atomic E-state index is 12.9. The number of hydrogen-bond donors (Lipinski definition) is 5. The molecule has 0 saturated carbocycles. The normalized spacial score (nSPS) is 14.6. The molecule has 1 aromatic heterocycles. The Labute approximate surface area is 253 Å². The summed E-state index contributed by atoms with van der Waals surface area (Å²) < 4.78 is 31.7. The van der Waals surface area contributed by atoms with Gasteiger partial charge in [-0.15, -0.1) is 0 Å². The van der Waals surface area contributed by atoms with E-state index >= 15 is 0 Å². The molecule has 2 aromatic carbocycles. The number of aliphatic carboxylic acids is 1. The minimum absolute atomic E-state index is 0.101. The molecule has 16 heteroatoms. The molecule has 1 atom stereocenters. The lowest BCUT2D eigenvalue weighted by Gasteiger charge is -2.19. The molecule has 11 nitrogen and oxygen atoms in total. The van der Waals surface area contributed by atoms with Gasteiger partial charge >= 0.3 is 12.1 Å². The standard InChI is InChI=1S/C25H24Cl2N6O3.C2HF3O2/c1-2-4-21(34)29-15-7-9-17(10-8-15)33-12-11-16(14-33)30-25(36)23-20(13-28-32-23)31-24(35)22-18(26)5-3-6-19(22)27;3-2(4,5)1(6)7/h2-10,13,16H,11-12,14H2,1H3,(H,28,32)(H,29,34)(H,30,36)(H,31,35);(H,6,7)/b4-2+;/t16-;/m0./s1. The molecule has 0 spiro atoms. The highest BCUT2D eigenvalue weighted by molar-refractivity contribution is 6.40. The molecule has 0 aliphatic carbocycles. The van der Waals surface area contributed by atoms with Crippen LogP contribution in [0.5, 0.6) is 0 Å². The second kappa shape index (κ2) is 14.6. The van der Waals surface area contributed by atoms with Crippen molar-refractivity contribution in [3.05, 3.63) is 82.1 Å². The molecule has 5 N–H and O–H groups in total. The van der Waals surface area contributed by atoms with Gasteiger partial charge in [-0.25, -0.2) is 4.79 Å². The Morgan fingerprint density at radius 3 is 2.26 bits per heavy atom. The number of rotatable bonds is 7. The number of H-pyrrole nitrogens is 1. The van der Waals surface area contributed by atoms with Crippen LogP contribution in [0.1, 0.15) is 34.2 Å². The van der Waals surface area contributed by atoms with E-state index in [9.17, 15) is 27.6 Å². The fourth-order valence-electron chi connectivity index (χ4n) is 3.91. The summed E-state index contributed by atoms with van der Waals surface area (Å²) in [5, 5.41) is 22.5. The highest BCUT2D eigenvalue weighted by Crippen LogP contribution is 2.26. The minimum atomic E-state index is -5.08. The van der Waals surface area contributed by atoms with Gasteiger partial charge in [-0.05, 0) is 55.8 Å². The number of benzene rings is 2. The van der Waals surface area contributed by atoms with Crippen molar-refractivity contribution in [3.8, 4) is 0 Å². The van der Waals surface area contributed by atoms with Gasteiger partial charge in [0.25, 0.3) is 11.8 Å². The molecule has 3 aromatic rings. The van der Waals surface area contributed by atoms with E-state index in [0.29, 0.717) is 12.2 Å². The van der Waals surface area contributed by atoms with Gasteiger partial charge in [0.2, 0.25) is 5.91 Å². The molecule has 1 fully saturated rings. The molecule has 0 bridgehead atoms. The number of carbonyl (C=O) groups is 4. The third-order valence-corrected chi connectivity index (χ3v) is 6.52. The lowest BCUT2D eigenvalue weighted by Crippen LogP contribution is -2.37. The fraction of sp³-hybridized carbons (Fsp3) is 0.222. The average molecular weight is 641 g/mol. The fourth-order valence-corrected chi connectivity index (χ4v) is 4.48. The Balaban J connectivity index is 0.000000646. The van der Waals surface area contributed by atoms with E-state index in [2.05, 4.69) is 31.0 Å². The Kier molecular flexibility index (Phi) is 11.2. The first kappa shape index (κ1) is 32.9. The van der Waals surface area contributed by atoms with Crippen LogP contribution in [0.4, 0.5) is 30.2 Å². The van der Waals surface area contributed by atoms with Gasteiger partial charge in [0.15, 0.2) is 0 Å². The summed E-state index contributed by atoms with van der Waals surface area (Å²) in [6, 6.07) is 12.2. The number of aromatic amines is 1. The summed E-state index contributed by atoms with van der Waals surface area (Å²) in [6.45, 7) is 3.15. The number of halogens is 5. The molecule has 2 heterocycles. The monoisotopic (exact) mass is 640 g/mol. The highest BCUT2D eigenvalue weighted by atomic mass is 35.5. The minimum Gasteiger partial charge on any atom is -0.475 e.